The highest BCUT2D eigenvalue weighted by molar-refractivity contribution is 7.80. The van der Waals surface area contributed by atoms with Gasteiger partial charge in [0.25, 0.3) is 0 Å². The van der Waals surface area contributed by atoms with Crippen molar-refractivity contribution in [1.82, 2.24) is 0 Å². The molecule has 0 saturated heterocycles. The molecule has 0 bridgehead atoms. The average molecular weight is 197 g/mol. The largest absolute Gasteiger partial charge is 0.504 e. The highest BCUT2D eigenvalue weighted by Gasteiger charge is 1.97. The van der Waals surface area contributed by atoms with E-state index in [1.165, 1.54) is 12.1 Å². The molecule has 1 rings (SSSR count). The van der Waals surface area contributed by atoms with Gasteiger partial charge in [0.15, 0.2) is 11.5 Å². The van der Waals surface area contributed by atoms with Crippen molar-refractivity contribution in [2.24, 2.45) is 4.99 Å². The van der Waals surface area contributed by atoms with Crippen LogP contribution in [0.4, 0.5) is 0 Å². The smallest absolute Gasteiger partial charge is 0.158 e. The van der Waals surface area contributed by atoms with Crippen LogP contribution in [-0.4, -0.2) is 28.7 Å². The zero-order valence-corrected chi connectivity index (χ0v) is 7.91. The van der Waals surface area contributed by atoms with E-state index in [0.717, 1.165) is 5.56 Å². The highest BCUT2D eigenvalue weighted by atomic mass is 32.1. The molecule has 1 aromatic carbocycles. The molecule has 70 valence electrons. The van der Waals surface area contributed by atoms with Gasteiger partial charge in [-0.3, -0.25) is 4.99 Å². The number of rotatable bonds is 3. The molecule has 0 radical (unpaired) electrons. The molecule has 0 saturated carbocycles. The summed E-state index contributed by atoms with van der Waals surface area (Å²) in [6.07, 6.45) is 1.63. The molecule has 0 amide bonds. The second kappa shape index (κ2) is 4.77. The molecule has 4 heteroatoms. The number of hydrogen-bond acceptors (Lipinski definition) is 4. The molecule has 3 nitrogen and oxygen atoms in total. The maximum atomic E-state index is 9.13. The van der Waals surface area contributed by atoms with Crippen LogP contribution in [0.5, 0.6) is 11.5 Å². The number of phenolic OH excluding ortho intramolecular Hbond substituents is 2. The fraction of sp³-hybridized carbons (Fsp3) is 0.222. The van der Waals surface area contributed by atoms with Crippen LogP contribution in [0.2, 0.25) is 0 Å². The molecule has 0 aliphatic carbocycles. The SMILES string of the molecule is Oc1ccc(C=NCCS)cc1O. The van der Waals surface area contributed by atoms with Crippen LogP contribution in [0.25, 0.3) is 0 Å². The Bertz CT molecular complexity index is 312. The van der Waals surface area contributed by atoms with E-state index >= 15 is 0 Å². The van der Waals surface area contributed by atoms with E-state index in [-0.39, 0.29) is 11.5 Å². The molecule has 0 aliphatic heterocycles. The minimum atomic E-state index is -0.130. The molecule has 0 fully saturated rings. The second-order valence-electron chi connectivity index (χ2n) is 2.51. The summed E-state index contributed by atoms with van der Waals surface area (Å²) in [6, 6.07) is 4.56. The van der Waals surface area contributed by atoms with Crippen LogP contribution in [-0.2, 0) is 0 Å². The van der Waals surface area contributed by atoms with Crippen molar-refractivity contribution in [3.63, 3.8) is 0 Å². The van der Waals surface area contributed by atoms with Crippen molar-refractivity contribution in [1.29, 1.82) is 0 Å². The Morgan fingerprint density at radius 3 is 2.69 bits per heavy atom. The summed E-state index contributed by atoms with van der Waals surface area (Å²) in [4.78, 5) is 4.04. The van der Waals surface area contributed by atoms with Gasteiger partial charge in [-0.2, -0.15) is 12.6 Å². The lowest BCUT2D eigenvalue weighted by molar-refractivity contribution is 0.403. The van der Waals surface area contributed by atoms with E-state index in [1.807, 2.05) is 0 Å². The summed E-state index contributed by atoms with van der Waals surface area (Å²) in [5.41, 5.74) is 0.761. The molecular weight excluding hydrogens is 186 g/mol. The zero-order valence-electron chi connectivity index (χ0n) is 7.01. The van der Waals surface area contributed by atoms with Gasteiger partial charge in [0.1, 0.15) is 0 Å². The fourth-order valence-electron chi connectivity index (χ4n) is 0.848. The summed E-state index contributed by atoms with van der Waals surface area (Å²) in [6.45, 7) is 0.644. The predicted molar refractivity (Wildman–Crippen MR) is 56.1 cm³/mol. The number of aliphatic imine (C=N–C) groups is 1. The van der Waals surface area contributed by atoms with Crippen molar-refractivity contribution in [2.75, 3.05) is 12.3 Å². The summed E-state index contributed by atoms with van der Waals surface area (Å²) < 4.78 is 0. The minimum absolute atomic E-state index is 0.119. The first-order chi connectivity index (χ1) is 6.24. The Balaban J connectivity index is 2.73. The van der Waals surface area contributed by atoms with Gasteiger partial charge in [-0.05, 0) is 23.8 Å². The van der Waals surface area contributed by atoms with E-state index in [9.17, 15) is 0 Å². The van der Waals surface area contributed by atoms with E-state index in [2.05, 4.69) is 17.6 Å². The molecular formula is C9H11NO2S. The maximum Gasteiger partial charge on any atom is 0.158 e. The lowest BCUT2D eigenvalue weighted by atomic mass is 10.2. The third-order valence-electron chi connectivity index (χ3n) is 1.47. The summed E-state index contributed by atoms with van der Waals surface area (Å²) in [7, 11) is 0. The first-order valence-corrected chi connectivity index (χ1v) is 4.50. The molecule has 0 unspecified atom stereocenters. The second-order valence-corrected chi connectivity index (χ2v) is 2.95. The van der Waals surface area contributed by atoms with Gasteiger partial charge in [-0.1, -0.05) is 0 Å². The molecule has 2 N–H and O–H groups in total. The van der Waals surface area contributed by atoms with E-state index < -0.39 is 0 Å². The Labute approximate surface area is 82.2 Å². The van der Waals surface area contributed by atoms with Crippen LogP contribution in [0.15, 0.2) is 23.2 Å². The van der Waals surface area contributed by atoms with E-state index in [4.69, 9.17) is 10.2 Å². The Morgan fingerprint density at radius 2 is 2.08 bits per heavy atom. The van der Waals surface area contributed by atoms with Gasteiger partial charge in [-0.15, -0.1) is 0 Å². The standard InChI is InChI=1S/C9H11NO2S/c11-8-2-1-7(5-9(8)12)6-10-3-4-13/h1-2,5-6,11-13H,3-4H2. The topological polar surface area (TPSA) is 52.8 Å². The lowest BCUT2D eigenvalue weighted by Gasteiger charge is -1.97. The third-order valence-corrected chi connectivity index (χ3v) is 1.67. The quantitative estimate of drug-likeness (QED) is 0.390. The number of benzene rings is 1. The number of hydrogen-bond donors (Lipinski definition) is 3. The first kappa shape index (κ1) is 9.92. The molecule has 0 spiro atoms. The van der Waals surface area contributed by atoms with Crippen molar-refractivity contribution in [3.8, 4) is 11.5 Å². The maximum absolute atomic E-state index is 9.13. The average Bonchev–Trinajstić information content (AvgIpc) is 2.12. The van der Waals surface area contributed by atoms with Gasteiger partial charge in [-0.25, -0.2) is 0 Å². The van der Waals surface area contributed by atoms with Crippen LogP contribution < -0.4 is 0 Å². The fourth-order valence-corrected chi connectivity index (χ4v) is 0.964. The number of thiol groups is 1. The van der Waals surface area contributed by atoms with Gasteiger partial charge in [0.2, 0.25) is 0 Å². The van der Waals surface area contributed by atoms with Crippen LogP contribution in [0.3, 0.4) is 0 Å². The molecule has 0 aromatic heterocycles. The minimum Gasteiger partial charge on any atom is -0.504 e. The number of phenols is 2. The summed E-state index contributed by atoms with van der Waals surface area (Å²) in [5.74, 6) is 0.446. The highest BCUT2D eigenvalue weighted by Crippen LogP contribution is 2.23. The van der Waals surface area contributed by atoms with Crippen LogP contribution in [0.1, 0.15) is 5.56 Å². The van der Waals surface area contributed by atoms with Gasteiger partial charge >= 0.3 is 0 Å². The normalized spacial score (nSPS) is 10.8. The van der Waals surface area contributed by atoms with Gasteiger partial charge in [0.05, 0.1) is 0 Å². The van der Waals surface area contributed by atoms with Gasteiger partial charge in [0, 0.05) is 18.5 Å². The van der Waals surface area contributed by atoms with Crippen molar-refractivity contribution in [2.45, 2.75) is 0 Å². The van der Waals surface area contributed by atoms with Crippen LogP contribution in [0, 0.1) is 0 Å². The lowest BCUT2D eigenvalue weighted by Crippen LogP contribution is -1.85. The number of nitrogens with zero attached hydrogens (tertiary/aromatic N) is 1. The van der Waals surface area contributed by atoms with E-state index in [1.54, 1.807) is 12.3 Å². The van der Waals surface area contributed by atoms with Crippen molar-refractivity contribution >= 4 is 18.8 Å². The molecule has 0 aliphatic rings. The number of aromatic hydroxyl groups is 2. The van der Waals surface area contributed by atoms with Crippen molar-refractivity contribution < 1.29 is 10.2 Å². The monoisotopic (exact) mass is 197 g/mol. The van der Waals surface area contributed by atoms with Crippen LogP contribution >= 0.6 is 12.6 Å². The Hall–Kier alpha value is -1.16. The first-order valence-electron chi connectivity index (χ1n) is 3.86. The Morgan fingerprint density at radius 1 is 1.31 bits per heavy atom. The predicted octanol–water partition coefficient (Wildman–Crippen LogP) is 1.45. The molecule has 13 heavy (non-hydrogen) atoms. The van der Waals surface area contributed by atoms with E-state index in [0.29, 0.717) is 12.3 Å². The summed E-state index contributed by atoms with van der Waals surface area (Å²) >= 11 is 4.00. The zero-order chi connectivity index (χ0) is 9.68. The Kier molecular flexibility index (Phi) is 3.64. The molecule has 1 aromatic rings. The third kappa shape index (κ3) is 2.99. The molecule has 0 heterocycles. The molecule has 0 atom stereocenters. The van der Waals surface area contributed by atoms with Crippen molar-refractivity contribution in [3.05, 3.63) is 23.8 Å². The summed E-state index contributed by atoms with van der Waals surface area (Å²) in [5, 5.41) is 18.1. The van der Waals surface area contributed by atoms with Gasteiger partial charge < -0.3 is 10.2 Å².